The molecule has 1 spiro atoms. The van der Waals surface area contributed by atoms with Crippen molar-refractivity contribution in [3.63, 3.8) is 0 Å². The molecule has 0 bridgehead atoms. The number of hydrogen-bond donors (Lipinski definition) is 0. The minimum absolute atomic E-state index is 0.000463. The molecule has 2 unspecified atom stereocenters. The van der Waals surface area contributed by atoms with E-state index >= 15 is 0 Å². The lowest BCUT2D eigenvalue weighted by molar-refractivity contribution is -0.173. The van der Waals surface area contributed by atoms with Gasteiger partial charge in [-0.15, -0.1) is 0 Å². The summed E-state index contributed by atoms with van der Waals surface area (Å²) in [5.41, 5.74) is -0.809. The van der Waals surface area contributed by atoms with Gasteiger partial charge in [-0.25, -0.2) is 0 Å². The lowest BCUT2D eigenvalue weighted by Gasteiger charge is -2.35. The Morgan fingerprint density at radius 1 is 1.71 bits per heavy atom. The Morgan fingerprint density at radius 3 is 3.00 bits per heavy atom. The van der Waals surface area contributed by atoms with Crippen molar-refractivity contribution < 1.29 is 19.0 Å². The van der Waals surface area contributed by atoms with E-state index in [4.69, 9.17) is 14.2 Å². The highest BCUT2D eigenvalue weighted by molar-refractivity contribution is 6.07. The van der Waals surface area contributed by atoms with Crippen LogP contribution in [-0.4, -0.2) is 31.4 Å². The summed E-state index contributed by atoms with van der Waals surface area (Å²) in [5.74, 6) is 0.657. The molecular weight excluding hydrogens is 184 g/mol. The third-order valence-electron chi connectivity index (χ3n) is 2.69. The summed E-state index contributed by atoms with van der Waals surface area (Å²) in [6.07, 6.45) is 2.63. The fourth-order valence-electron chi connectivity index (χ4n) is 1.90. The Kier molecular flexibility index (Phi) is 2.33. The summed E-state index contributed by atoms with van der Waals surface area (Å²) < 4.78 is 15.9. The molecule has 0 radical (unpaired) electrons. The molecule has 0 aromatic rings. The Hall–Kier alpha value is -0.870. The SMILES string of the molecule is CCOC1=CC(=O)C12CCC(OC)O2. The molecule has 14 heavy (non-hydrogen) atoms. The molecule has 0 amide bonds. The Morgan fingerprint density at radius 2 is 2.50 bits per heavy atom. The molecule has 0 aromatic carbocycles. The van der Waals surface area contributed by atoms with Gasteiger partial charge in [-0.3, -0.25) is 4.79 Å². The Balaban J connectivity index is 2.11. The molecule has 4 nitrogen and oxygen atoms in total. The first kappa shape index (κ1) is 9.68. The van der Waals surface area contributed by atoms with E-state index in [1.165, 1.54) is 6.08 Å². The van der Waals surface area contributed by atoms with Crippen molar-refractivity contribution in [1.82, 2.24) is 0 Å². The molecule has 1 heterocycles. The molecule has 4 heteroatoms. The van der Waals surface area contributed by atoms with Crippen molar-refractivity contribution in [2.24, 2.45) is 0 Å². The van der Waals surface area contributed by atoms with Crippen molar-refractivity contribution in [2.45, 2.75) is 31.7 Å². The van der Waals surface area contributed by atoms with Crippen molar-refractivity contribution in [1.29, 1.82) is 0 Å². The van der Waals surface area contributed by atoms with Gasteiger partial charge in [0, 0.05) is 19.6 Å². The molecule has 0 saturated carbocycles. The predicted octanol–water partition coefficient (Wildman–Crippen LogP) is 1.01. The zero-order valence-corrected chi connectivity index (χ0v) is 8.41. The van der Waals surface area contributed by atoms with Gasteiger partial charge >= 0.3 is 0 Å². The molecule has 0 N–H and O–H groups in total. The molecule has 1 fully saturated rings. The maximum atomic E-state index is 11.5. The van der Waals surface area contributed by atoms with E-state index in [2.05, 4.69) is 0 Å². The second kappa shape index (κ2) is 3.37. The van der Waals surface area contributed by atoms with Crippen molar-refractivity contribution in [2.75, 3.05) is 13.7 Å². The number of carbonyl (C=O) groups excluding carboxylic acids is 1. The average molecular weight is 198 g/mol. The van der Waals surface area contributed by atoms with Gasteiger partial charge in [0.05, 0.1) is 6.61 Å². The summed E-state index contributed by atoms with van der Waals surface area (Å²) >= 11 is 0. The van der Waals surface area contributed by atoms with Crippen LogP contribution in [0, 0.1) is 0 Å². The number of carbonyl (C=O) groups is 1. The van der Waals surface area contributed by atoms with E-state index in [0.29, 0.717) is 18.8 Å². The van der Waals surface area contributed by atoms with Crippen LogP contribution in [0.4, 0.5) is 0 Å². The molecule has 0 aromatic heterocycles. The monoisotopic (exact) mass is 198 g/mol. The van der Waals surface area contributed by atoms with E-state index in [9.17, 15) is 4.79 Å². The van der Waals surface area contributed by atoms with Gasteiger partial charge in [-0.2, -0.15) is 0 Å². The normalized spacial score (nSPS) is 35.7. The largest absolute Gasteiger partial charge is 0.494 e. The predicted molar refractivity (Wildman–Crippen MR) is 48.6 cm³/mol. The van der Waals surface area contributed by atoms with Crippen LogP contribution in [0.25, 0.3) is 0 Å². The Labute approximate surface area is 82.8 Å². The number of ketones is 1. The average Bonchev–Trinajstić information content (AvgIpc) is 2.64. The highest BCUT2D eigenvalue weighted by atomic mass is 16.7. The van der Waals surface area contributed by atoms with Crippen LogP contribution in [0.1, 0.15) is 19.8 Å². The number of ether oxygens (including phenoxy) is 3. The van der Waals surface area contributed by atoms with E-state index in [0.717, 1.165) is 6.42 Å². The van der Waals surface area contributed by atoms with Crippen LogP contribution in [0.2, 0.25) is 0 Å². The molecule has 78 valence electrons. The summed E-state index contributed by atoms with van der Waals surface area (Å²) in [5, 5.41) is 0. The van der Waals surface area contributed by atoms with E-state index in [1.54, 1.807) is 7.11 Å². The topological polar surface area (TPSA) is 44.8 Å². The van der Waals surface area contributed by atoms with Crippen LogP contribution >= 0.6 is 0 Å². The van der Waals surface area contributed by atoms with Crippen molar-refractivity contribution in [3.05, 3.63) is 11.8 Å². The zero-order chi connectivity index (χ0) is 10.2. The zero-order valence-electron chi connectivity index (χ0n) is 8.41. The first-order chi connectivity index (χ1) is 6.73. The van der Waals surface area contributed by atoms with Gasteiger partial charge < -0.3 is 14.2 Å². The van der Waals surface area contributed by atoms with Crippen LogP contribution in [0.15, 0.2) is 11.8 Å². The maximum absolute atomic E-state index is 11.5. The van der Waals surface area contributed by atoms with Crippen molar-refractivity contribution >= 4 is 5.78 Å². The number of rotatable bonds is 3. The third kappa shape index (κ3) is 1.18. The summed E-state index contributed by atoms with van der Waals surface area (Å²) in [4.78, 5) is 11.5. The minimum Gasteiger partial charge on any atom is -0.494 e. The lowest BCUT2D eigenvalue weighted by atomic mass is 9.82. The first-order valence-electron chi connectivity index (χ1n) is 4.83. The standard InChI is InChI=1S/C10H14O4/c1-3-13-8-6-7(11)10(8)5-4-9(12-2)14-10/h6,9H,3-5H2,1-2H3. The summed E-state index contributed by atoms with van der Waals surface area (Å²) in [6, 6.07) is 0. The van der Waals surface area contributed by atoms with Gasteiger partial charge in [0.25, 0.3) is 0 Å². The van der Waals surface area contributed by atoms with E-state index in [1.807, 2.05) is 6.92 Å². The molecule has 2 atom stereocenters. The van der Waals surface area contributed by atoms with E-state index in [-0.39, 0.29) is 12.1 Å². The van der Waals surface area contributed by atoms with Gasteiger partial charge in [-0.1, -0.05) is 0 Å². The second-order valence-electron chi connectivity index (χ2n) is 3.45. The Bertz CT molecular complexity index is 284. The highest BCUT2D eigenvalue weighted by Crippen LogP contribution is 2.43. The molecule has 2 rings (SSSR count). The highest BCUT2D eigenvalue weighted by Gasteiger charge is 2.56. The summed E-state index contributed by atoms with van der Waals surface area (Å²) in [7, 11) is 1.58. The first-order valence-corrected chi connectivity index (χ1v) is 4.83. The van der Waals surface area contributed by atoms with Gasteiger partial charge in [0.2, 0.25) is 0 Å². The molecule has 1 saturated heterocycles. The fourth-order valence-corrected chi connectivity index (χ4v) is 1.90. The van der Waals surface area contributed by atoms with Crippen LogP contribution in [-0.2, 0) is 19.0 Å². The van der Waals surface area contributed by atoms with Crippen LogP contribution in [0.3, 0.4) is 0 Å². The fraction of sp³-hybridized carbons (Fsp3) is 0.700. The van der Waals surface area contributed by atoms with Gasteiger partial charge in [-0.05, 0) is 13.3 Å². The third-order valence-corrected chi connectivity index (χ3v) is 2.69. The quantitative estimate of drug-likeness (QED) is 0.679. The summed E-state index contributed by atoms with van der Waals surface area (Å²) in [6.45, 7) is 2.45. The minimum atomic E-state index is -0.809. The molecule has 1 aliphatic heterocycles. The molecule has 1 aliphatic carbocycles. The lowest BCUT2D eigenvalue weighted by Crippen LogP contribution is -2.48. The number of methoxy groups -OCH3 is 1. The molecular formula is C10H14O4. The smallest absolute Gasteiger partial charge is 0.198 e. The second-order valence-corrected chi connectivity index (χ2v) is 3.45. The van der Waals surface area contributed by atoms with E-state index < -0.39 is 5.60 Å². The van der Waals surface area contributed by atoms with Crippen LogP contribution in [0.5, 0.6) is 0 Å². The van der Waals surface area contributed by atoms with Gasteiger partial charge in [0.1, 0.15) is 5.76 Å². The van der Waals surface area contributed by atoms with Gasteiger partial charge in [0.15, 0.2) is 17.7 Å². The van der Waals surface area contributed by atoms with Crippen LogP contribution < -0.4 is 0 Å². The molecule has 2 aliphatic rings. The van der Waals surface area contributed by atoms with Crippen molar-refractivity contribution in [3.8, 4) is 0 Å². The maximum Gasteiger partial charge on any atom is 0.198 e. The number of hydrogen-bond acceptors (Lipinski definition) is 4.